The van der Waals surface area contributed by atoms with Crippen LogP contribution in [0, 0.1) is 87.3 Å². The van der Waals surface area contributed by atoms with Gasteiger partial charge in [-0.05, 0) is 24.3 Å². The predicted molar refractivity (Wildman–Crippen MR) is 169 cm³/mol. The van der Waals surface area contributed by atoms with Crippen LogP contribution in [-0.2, 0) is 4.65 Å². The molecule has 304 valence electrons. The summed E-state index contributed by atoms with van der Waals surface area (Å²) < 4.78 is 215. The molecule has 5 nitrogen and oxygen atoms in total. The number of halogens is 15. The minimum atomic E-state index is -4.15. The fourth-order valence-corrected chi connectivity index (χ4v) is 4.69. The molecule has 0 radical (unpaired) electrons. The van der Waals surface area contributed by atoms with E-state index < -0.39 is 123 Å². The molecule has 0 aliphatic heterocycles. The molecule has 5 rings (SSSR count). The first-order chi connectivity index (χ1) is 26.6. The minimum absolute atomic E-state index is 1.33. The second-order valence-electron chi connectivity index (χ2n) is 11.7. The maximum absolute atomic E-state index is 14.7. The number of rotatable bonds is 7. The van der Waals surface area contributed by atoms with E-state index in [1.54, 1.807) is 0 Å². The van der Waals surface area contributed by atoms with Crippen molar-refractivity contribution < 1.29 is 90.4 Å². The van der Waals surface area contributed by atoms with E-state index in [1.807, 2.05) is 12.1 Å². The lowest BCUT2D eigenvalue weighted by atomic mass is 9.90. The lowest BCUT2D eigenvalue weighted by Gasteiger charge is -2.31. The molecule has 0 aromatic heterocycles. The molecule has 0 aliphatic carbocycles. The molecular weight excluding hydrogens is 804 g/mol. The highest BCUT2D eigenvalue weighted by atomic mass is 19.2. The summed E-state index contributed by atoms with van der Waals surface area (Å²) >= 11 is 0. The van der Waals surface area contributed by atoms with Gasteiger partial charge in [0, 0.05) is 5.57 Å². The van der Waals surface area contributed by atoms with Gasteiger partial charge < -0.3 is 24.5 Å². The molecular formula is C36H24BF15N2O3. The first-order valence-corrected chi connectivity index (χ1v) is 15.6. The first kappa shape index (κ1) is 45.9. The Balaban J connectivity index is 0.000000391. The molecule has 0 bridgehead atoms. The average Bonchev–Trinajstić information content (AvgIpc) is 3.19. The molecule has 2 N–H and O–H groups in total. The summed E-state index contributed by atoms with van der Waals surface area (Å²) in [6.07, 6.45) is 0. The van der Waals surface area contributed by atoms with E-state index in [4.69, 9.17) is 0 Å². The molecule has 0 spiro atoms. The van der Waals surface area contributed by atoms with Gasteiger partial charge in [-0.25, -0.2) is 65.9 Å². The summed E-state index contributed by atoms with van der Waals surface area (Å²) in [6.45, 7) is 0. The number of hydrogen-bond acceptors (Lipinski definition) is 3. The van der Waals surface area contributed by atoms with Crippen molar-refractivity contribution in [3.63, 3.8) is 0 Å². The number of quaternary nitrogens is 2. The highest BCUT2D eigenvalue weighted by molar-refractivity contribution is 6.31. The molecule has 0 heterocycles. The third kappa shape index (κ3) is 9.73. The minimum Gasteiger partial charge on any atom is -0.860 e. The maximum Gasteiger partial charge on any atom is 0.200 e. The van der Waals surface area contributed by atoms with Gasteiger partial charge in [-0.1, -0.05) is 36.4 Å². The summed E-state index contributed by atoms with van der Waals surface area (Å²) in [5, 5.41) is 22.3. The zero-order chi connectivity index (χ0) is 43.2. The van der Waals surface area contributed by atoms with Crippen LogP contribution in [0.2, 0.25) is 0 Å². The van der Waals surface area contributed by atoms with Crippen LogP contribution in [0.1, 0.15) is 16.7 Å². The van der Waals surface area contributed by atoms with Crippen molar-refractivity contribution >= 4 is 30.0 Å². The Bertz CT molecular complexity index is 2080. The van der Waals surface area contributed by atoms with Gasteiger partial charge in [0.1, 0.15) is 24.5 Å². The molecule has 0 atom stereocenters. The molecule has 0 unspecified atom stereocenters. The molecule has 0 fully saturated rings. The van der Waals surface area contributed by atoms with E-state index in [0.29, 0.717) is 0 Å². The fourth-order valence-electron chi connectivity index (χ4n) is 4.69. The van der Waals surface area contributed by atoms with E-state index in [9.17, 15) is 75.9 Å². The van der Waals surface area contributed by atoms with Gasteiger partial charge in [0.15, 0.2) is 69.8 Å². The molecule has 57 heavy (non-hydrogen) atoms. The summed E-state index contributed by atoms with van der Waals surface area (Å²) in [7, 11) is 4.34. The normalized spacial score (nSPS) is 10.9. The molecule has 0 aliphatic rings. The second kappa shape index (κ2) is 19.1. The molecule has 0 saturated heterocycles. The number of hydrogen-bond donors (Lipinski definition) is 2. The smallest absolute Gasteiger partial charge is 0.200 e. The van der Waals surface area contributed by atoms with Gasteiger partial charge in [0.05, 0.1) is 44.9 Å². The third-order valence-electron chi connectivity index (χ3n) is 7.50. The van der Waals surface area contributed by atoms with Crippen LogP contribution in [0.25, 0.3) is 11.3 Å². The van der Waals surface area contributed by atoms with E-state index in [2.05, 4.69) is 81.4 Å². The van der Waals surface area contributed by atoms with Crippen LogP contribution in [0.3, 0.4) is 0 Å². The van der Waals surface area contributed by atoms with Crippen molar-refractivity contribution in [3.8, 4) is 0 Å². The van der Waals surface area contributed by atoms with Gasteiger partial charge in [0.25, 0.3) is 0 Å². The Kier molecular flexibility index (Phi) is 15.4. The van der Waals surface area contributed by atoms with Crippen molar-refractivity contribution in [3.05, 3.63) is 165 Å². The zero-order valence-corrected chi connectivity index (χ0v) is 29.2. The number of nitrogens with one attached hydrogen (secondary N) is 2. The van der Waals surface area contributed by atoms with Crippen LogP contribution >= 0.6 is 0 Å². The van der Waals surface area contributed by atoms with Gasteiger partial charge in [-0.2, -0.15) is 0 Å². The van der Waals surface area contributed by atoms with E-state index in [0.717, 1.165) is 0 Å². The van der Waals surface area contributed by atoms with Gasteiger partial charge in [-0.3, -0.25) is 0 Å². The number of para-hydroxylation sites is 2. The molecule has 0 amide bonds. The van der Waals surface area contributed by atoms with Crippen molar-refractivity contribution in [1.29, 1.82) is 0 Å². The first-order valence-electron chi connectivity index (χ1n) is 15.6. The molecule has 0 saturated carbocycles. The van der Waals surface area contributed by atoms with Crippen molar-refractivity contribution in [2.24, 2.45) is 0 Å². The largest absolute Gasteiger partial charge is 0.860 e. The van der Waals surface area contributed by atoms with Crippen molar-refractivity contribution in [1.82, 2.24) is 0 Å². The SMILES string of the molecule is C[NH+](C)c1ccccc1.C[NH+](C)c1ccccc1.[O-]B([O-])OC(=C(c1c(F)c(F)c(F)c(F)c1F)c1c(F)c(F)c(F)c(F)c1F)c1c(F)c(F)c(F)c(F)c1F. The lowest BCUT2D eigenvalue weighted by molar-refractivity contribution is -0.786. The zero-order valence-electron chi connectivity index (χ0n) is 29.2. The van der Waals surface area contributed by atoms with E-state index in [1.165, 1.54) is 21.2 Å². The van der Waals surface area contributed by atoms with E-state index in [-0.39, 0.29) is 0 Å². The Labute approximate surface area is 313 Å². The Morgan fingerprint density at radius 2 is 0.614 bits per heavy atom. The summed E-state index contributed by atoms with van der Waals surface area (Å²) in [5.74, 6) is -49.7. The quantitative estimate of drug-likeness (QED) is 0.0583. The average molecular weight is 828 g/mol. The number of benzene rings is 5. The van der Waals surface area contributed by atoms with Crippen molar-refractivity contribution in [2.45, 2.75) is 0 Å². The third-order valence-corrected chi connectivity index (χ3v) is 7.50. The maximum atomic E-state index is 14.7. The Morgan fingerprint density at radius 3 is 0.825 bits per heavy atom. The topological polar surface area (TPSA) is 64.2 Å². The monoisotopic (exact) mass is 828 g/mol. The fraction of sp³-hybridized carbons (Fsp3) is 0.111. The van der Waals surface area contributed by atoms with Crippen LogP contribution in [0.5, 0.6) is 0 Å². The van der Waals surface area contributed by atoms with Gasteiger partial charge in [0.2, 0.25) is 17.5 Å². The predicted octanol–water partition coefficient (Wildman–Crippen LogP) is 5.34. The summed E-state index contributed by atoms with van der Waals surface area (Å²) in [6, 6.07) is 20.8. The Morgan fingerprint density at radius 1 is 0.386 bits per heavy atom. The van der Waals surface area contributed by atoms with Crippen molar-refractivity contribution in [2.75, 3.05) is 28.2 Å². The summed E-state index contributed by atoms with van der Waals surface area (Å²) in [4.78, 5) is 2.74. The van der Waals surface area contributed by atoms with Gasteiger partial charge >= 0.3 is 0 Å². The van der Waals surface area contributed by atoms with E-state index >= 15 is 0 Å². The van der Waals surface area contributed by atoms with Crippen LogP contribution < -0.4 is 19.8 Å². The highest BCUT2D eigenvalue weighted by Gasteiger charge is 2.39. The van der Waals surface area contributed by atoms with Crippen LogP contribution in [0.15, 0.2) is 60.7 Å². The standard InChI is InChI=1S/C20BF15O3.2C8H11N/c22-5-2(6(23)12(29)17(34)11(5)28)1(3-7(24)13(30)18(35)14(31)8(3)25)20(39-21(37)38)4-9(26)15(32)19(36)16(33)10(4)27;2*1-9(2)8-6-4-3-5-7-8/h;2*3-7H,1-2H3/q-2;;/p+2. The molecule has 5 aromatic carbocycles. The highest BCUT2D eigenvalue weighted by Crippen LogP contribution is 2.43. The van der Waals surface area contributed by atoms with Crippen LogP contribution in [-0.4, -0.2) is 35.5 Å². The summed E-state index contributed by atoms with van der Waals surface area (Å²) in [5.41, 5.74) is -8.79. The van der Waals surface area contributed by atoms with Crippen LogP contribution in [0.4, 0.5) is 77.2 Å². The molecule has 21 heteroatoms. The molecule has 5 aromatic rings. The Hall–Kier alpha value is -5.51. The second-order valence-corrected chi connectivity index (χ2v) is 11.7. The van der Waals surface area contributed by atoms with Gasteiger partial charge in [-0.15, -0.1) is 0 Å². The lowest BCUT2D eigenvalue weighted by Crippen LogP contribution is -3.00.